The van der Waals surface area contributed by atoms with Crippen LogP contribution >= 0.6 is 0 Å². The van der Waals surface area contributed by atoms with Crippen molar-refractivity contribution in [1.82, 2.24) is 10.1 Å². The second kappa shape index (κ2) is 11.7. The molecule has 3 rings (SSSR count). The average Bonchev–Trinajstić information content (AvgIpc) is 3.21. The summed E-state index contributed by atoms with van der Waals surface area (Å²) in [5.41, 5.74) is 3.66. The van der Waals surface area contributed by atoms with Gasteiger partial charge in [-0.05, 0) is 31.9 Å². The van der Waals surface area contributed by atoms with Gasteiger partial charge < -0.3 is 14.2 Å². The lowest BCUT2D eigenvalue weighted by atomic mass is 10.2. The Hall–Kier alpha value is -1.85. The Morgan fingerprint density at radius 3 is 2.38 bits per heavy atom. The molecule has 5 nitrogen and oxygen atoms in total. The number of hydrogen-bond donors (Lipinski definition) is 0. The number of aryl methyl sites for hydroxylation is 2. The number of ether oxygens (including phenoxy) is 1. The second-order valence-corrected chi connectivity index (χ2v) is 6.37. The zero-order valence-corrected chi connectivity index (χ0v) is 16.5. The van der Waals surface area contributed by atoms with Crippen LogP contribution in [0.25, 0.3) is 0 Å². The maximum atomic E-state index is 5.75. The number of hydrogen-bond acceptors (Lipinski definition) is 5. The molecule has 1 saturated heterocycles. The minimum absolute atomic E-state index is 0.788. The van der Waals surface area contributed by atoms with E-state index in [0.29, 0.717) is 0 Å². The molecule has 0 spiro atoms. The third kappa shape index (κ3) is 6.81. The van der Waals surface area contributed by atoms with Gasteiger partial charge >= 0.3 is 0 Å². The zero-order valence-electron chi connectivity index (χ0n) is 16.5. The van der Waals surface area contributed by atoms with E-state index < -0.39 is 0 Å². The van der Waals surface area contributed by atoms with Crippen molar-refractivity contribution >= 4 is 5.69 Å². The van der Waals surface area contributed by atoms with Crippen LogP contribution in [0.5, 0.6) is 0 Å². The Morgan fingerprint density at radius 1 is 1.00 bits per heavy atom. The highest BCUT2D eigenvalue weighted by Gasteiger charge is 2.16. The van der Waals surface area contributed by atoms with Crippen LogP contribution in [0.3, 0.4) is 0 Å². The third-order valence-corrected chi connectivity index (χ3v) is 4.54. The number of aromatic nitrogens is 1. The van der Waals surface area contributed by atoms with Gasteiger partial charge in [-0.15, -0.1) is 0 Å². The molecule has 1 aliphatic rings. The normalized spacial score (nSPS) is 14.8. The molecule has 0 N–H and O–H groups in total. The smallest absolute Gasteiger partial charge is 0.124 e. The molecule has 1 aromatic heterocycles. The Kier molecular flexibility index (Phi) is 9.21. The first kappa shape index (κ1) is 20.5. The first-order valence-electron chi connectivity index (χ1n) is 9.82. The standard InChI is InChI=1S/C19H27N3O2.C2H6/c1-17-4-6-19(7-5-17)22-11-9-21(10-12-22)13-16-23-14-2-3-18-8-15-24-20-18;1-2/h4-8,15H,2-3,9-14,16H2,1H3;1-2H3. The molecule has 5 heteroatoms. The summed E-state index contributed by atoms with van der Waals surface area (Å²) in [4.78, 5) is 4.96. The first-order chi connectivity index (χ1) is 12.8. The number of benzene rings is 1. The Bertz CT molecular complexity index is 576. The van der Waals surface area contributed by atoms with Crippen molar-refractivity contribution in [1.29, 1.82) is 0 Å². The monoisotopic (exact) mass is 359 g/mol. The minimum Gasteiger partial charge on any atom is -0.380 e. The number of piperazine rings is 1. The van der Waals surface area contributed by atoms with E-state index >= 15 is 0 Å². The zero-order chi connectivity index (χ0) is 18.6. The number of anilines is 1. The predicted octanol–water partition coefficient (Wildman–Crippen LogP) is 3.78. The molecule has 144 valence electrons. The SMILES string of the molecule is CC.Cc1ccc(N2CCN(CCOCCCc3ccon3)CC2)cc1. The van der Waals surface area contributed by atoms with Gasteiger partial charge in [0, 0.05) is 51.1 Å². The summed E-state index contributed by atoms with van der Waals surface area (Å²) in [6.45, 7) is 13.1. The van der Waals surface area contributed by atoms with Crippen LogP contribution in [0.15, 0.2) is 41.1 Å². The molecule has 0 radical (unpaired) electrons. The Balaban J connectivity index is 0.00000117. The summed E-state index contributed by atoms with van der Waals surface area (Å²) in [6, 6.07) is 10.7. The molecule has 1 aliphatic heterocycles. The van der Waals surface area contributed by atoms with Crippen molar-refractivity contribution in [3.05, 3.63) is 47.9 Å². The molecule has 26 heavy (non-hydrogen) atoms. The van der Waals surface area contributed by atoms with Crippen molar-refractivity contribution in [3.8, 4) is 0 Å². The van der Waals surface area contributed by atoms with E-state index in [1.165, 1.54) is 11.3 Å². The topological polar surface area (TPSA) is 41.7 Å². The summed E-state index contributed by atoms with van der Waals surface area (Å²) < 4.78 is 10.6. The van der Waals surface area contributed by atoms with Gasteiger partial charge in [-0.1, -0.05) is 36.7 Å². The molecule has 2 heterocycles. The molecule has 0 unspecified atom stereocenters. The highest BCUT2D eigenvalue weighted by Crippen LogP contribution is 2.16. The van der Waals surface area contributed by atoms with Crippen LogP contribution in [0, 0.1) is 6.92 Å². The van der Waals surface area contributed by atoms with Crippen LogP contribution in [-0.4, -0.2) is 56.0 Å². The molecule has 0 bridgehead atoms. The Labute approximate surface area is 157 Å². The fourth-order valence-corrected chi connectivity index (χ4v) is 3.00. The van der Waals surface area contributed by atoms with Crippen LogP contribution in [0.4, 0.5) is 5.69 Å². The van der Waals surface area contributed by atoms with E-state index in [4.69, 9.17) is 9.26 Å². The largest absolute Gasteiger partial charge is 0.380 e. The molecule has 2 aromatic rings. The van der Waals surface area contributed by atoms with Crippen LogP contribution in [0.1, 0.15) is 31.5 Å². The lowest BCUT2D eigenvalue weighted by molar-refractivity contribution is 0.0997. The van der Waals surface area contributed by atoms with E-state index in [2.05, 4.69) is 46.1 Å². The molecule has 0 atom stereocenters. The minimum atomic E-state index is 0.788. The lowest BCUT2D eigenvalue weighted by Gasteiger charge is -2.36. The summed E-state index contributed by atoms with van der Waals surface area (Å²) in [7, 11) is 0. The molecule has 1 fully saturated rings. The molecular weight excluding hydrogens is 326 g/mol. The van der Waals surface area contributed by atoms with E-state index in [9.17, 15) is 0 Å². The van der Waals surface area contributed by atoms with Gasteiger partial charge in [-0.25, -0.2) is 0 Å². The quantitative estimate of drug-likeness (QED) is 0.671. The molecular formula is C21H33N3O2. The van der Waals surface area contributed by atoms with Crippen molar-refractivity contribution in [2.75, 3.05) is 50.8 Å². The number of rotatable bonds is 8. The maximum absolute atomic E-state index is 5.75. The van der Waals surface area contributed by atoms with Gasteiger partial charge in [0.15, 0.2) is 0 Å². The van der Waals surface area contributed by atoms with Crippen LogP contribution in [-0.2, 0) is 11.2 Å². The third-order valence-electron chi connectivity index (χ3n) is 4.54. The van der Waals surface area contributed by atoms with Gasteiger partial charge in [0.25, 0.3) is 0 Å². The first-order valence-corrected chi connectivity index (χ1v) is 9.82. The van der Waals surface area contributed by atoms with E-state index in [0.717, 1.165) is 64.5 Å². The summed E-state index contributed by atoms with van der Waals surface area (Å²) in [6.07, 6.45) is 3.53. The fourth-order valence-electron chi connectivity index (χ4n) is 3.00. The van der Waals surface area contributed by atoms with E-state index in [-0.39, 0.29) is 0 Å². The van der Waals surface area contributed by atoms with Crippen molar-refractivity contribution < 1.29 is 9.26 Å². The maximum Gasteiger partial charge on any atom is 0.124 e. The molecule has 0 aliphatic carbocycles. The van der Waals surface area contributed by atoms with Gasteiger partial charge in [-0.3, -0.25) is 4.90 Å². The summed E-state index contributed by atoms with van der Waals surface area (Å²) in [5.74, 6) is 0. The van der Waals surface area contributed by atoms with Gasteiger partial charge in [-0.2, -0.15) is 0 Å². The average molecular weight is 360 g/mol. The van der Waals surface area contributed by atoms with Crippen molar-refractivity contribution in [2.45, 2.75) is 33.6 Å². The van der Waals surface area contributed by atoms with E-state index in [1.54, 1.807) is 6.26 Å². The highest BCUT2D eigenvalue weighted by molar-refractivity contribution is 5.47. The van der Waals surface area contributed by atoms with Gasteiger partial charge in [0.2, 0.25) is 0 Å². The van der Waals surface area contributed by atoms with E-state index in [1.807, 2.05) is 19.9 Å². The molecule has 0 amide bonds. The lowest BCUT2D eigenvalue weighted by Crippen LogP contribution is -2.47. The van der Waals surface area contributed by atoms with Crippen molar-refractivity contribution in [2.24, 2.45) is 0 Å². The van der Waals surface area contributed by atoms with Crippen LogP contribution < -0.4 is 4.90 Å². The van der Waals surface area contributed by atoms with Crippen molar-refractivity contribution in [3.63, 3.8) is 0 Å². The molecule has 0 saturated carbocycles. The second-order valence-electron chi connectivity index (χ2n) is 6.37. The van der Waals surface area contributed by atoms with Crippen LogP contribution in [0.2, 0.25) is 0 Å². The summed E-state index contributed by atoms with van der Waals surface area (Å²) >= 11 is 0. The highest BCUT2D eigenvalue weighted by atomic mass is 16.5. The Morgan fingerprint density at radius 2 is 1.73 bits per heavy atom. The van der Waals surface area contributed by atoms with Gasteiger partial charge in [0.1, 0.15) is 6.26 Å². The molecule has 1 aromatic carbocycles. The number of nitrogens with zero attached hydrogens (tertiary/aromatic N) is 3. The predicted molar refractivity (Wildman–Crippen MR) is 107 cm³/mol. The van der Waals surface area contributed by atoms with Gasteiger partial charge in [0.05, 0.1) is 12.3 Å². The fraction of sp³-hybridized carbons (Fsp3) is 0.571. The summed E-state index contributed by atoms with van der Waals surface area (Å²) in [5, 5.41) is 3.90.